The van der Waals surface area contributed by atoms with Crippen LogP contribution in [0.15, 0.2) is 0 Å². The molecule has 2 rings (SSSR count). The zero-order valence-corrected chi connectivity index (χ0v) is 13.0. The Morgan fingerprint density at radius 1 is 1.25 bits per heavy atom. The summed E-state index contributed by atoms with van der Waals surface area (Å²) in [5.41, 5.74) is 0. The maximum atomic E-state index is 5.44. The molecule has 0 aromatic carbocycles. The van der Waals surface area contributed by atoms with Crippen molar-refractivity contribution in [3.63, 3.8) is 0 Å². The third kappa shape index (κ3) is 3.76. The molecule has 0 saturated carbocycles. The van der Waals surface area contributed by atoms with Crippen molar-refractivity contribution in [3.05, 3.63) is 5.82 Å². The molecule has 0 radical (unpaired) electrons. The lowest BCUT2D eigenvalue weighted by Crippen LogP contribution is -2.30. The van der Waals surface area contributed by atoms with Gasteiger partial charge < -0.3 is 10.1 Å². The first kappa shape index (κ1) is 15.4. The van der Waals surface area contributed by atoms with Crippen LogP contribution in [0.25, 0.3) is 0 Å². The fourth-order valence-corrected chi connectivity index (χ4v) is 2.68. The molecular weight excluding hydrogens is 254 g/mol. The van der Waals surface area contributed by atoms with E-state index in [9.17, 15) is 0 Å². The largest absolute Gasteiger partial charge is 0.381 e. The average Bonchev–Trinajstić information content (AvgIpc) is 2.94. The molecule has 6 nitrogen and oxygen atoms in total. The Labute approximate surface area is 121 Å². The lowest BCUT2D eigenvalue weighted by atomic mass is 9.93. The minimum absolute atomic E-state index is 0.176. The lowest BCUT2D eigenvalue weighted by molar-refractivity contribution is 0.0485. The van der Waals surface area contributed by atoms with Crippen LogP contribution in [0.4, 0.5) is 0 Å². The van der Waals surface area contributed by atoms with Crippen molar-refractivity contribution in [2.45, 2.75) is 52.6 Å². The number of tetrazole rings is 1. The number of aromatic nitrogens is 4. The van der Waals surface area contributed by atoms with Gasteiger partial charge in [-0.25, -0.2) is 4.68 Å². The van der Waals surface area contributed by atoms with Crippen molar-refractivity contribution in [1.82, 2.24) is 25.5 Å². The summed E-state index contributed by atoms with van der Waals surface area (Å²) in [4.78, 5) is 0. The van der Waals surface area contributed by atoms with Crippen molar-refractivity contribution in [3.8, 4) is 0 Å². The van der Waals surface area contributed by atoms with Crippen molar-refractivity contribution in [1.29, 1.82) is 0 Å². The van der Waals surface area contributed by atoms with E-state index in [1.54, 1.807) is 0 Å². The Morgan fingerprint density at radius 3 is 2.60 bits per heavy atom. The van der Waals surface area contributed by atoms with Gasteiger partial charge >= 0.3 is 0 Å². The van der Waals surface area contributed by atoms with Gasteiger partial charge in [-0.1, -0.05) is 13.8 Å². The molecule has 1 saturated heterocycles. The molecule has 0 bridgehead atoms. The monoisotopic (exact) mass is 281 g/mol. The highest BCUT2D eigenvalue weighted by molar-refractivity contribution is 4.93. The summed E-state index contributed by atoms with van der Waals surface area (Å²) >= 11 is 0. The molecular formula is C14H27N5O. The SMILES string of the molecule is CC(C)CNC(C)c1nnnn1C(C)C1CCOCC1. The second-order valence-electron chi connectivity index (χ2n) is 6.20. The van der Waals surface area contributed by atoms with Crippen molar-refractivity contribution >= 4 is 0 Å². The summed E-state index contributed by atoms with van der Waals surface area (Å²) in [6.07, 6.45) is 2.18. The topological polar surface area (TPSA) is 64.9 Å². The van der Waals surface area contributed by atoms with E-state index in [2.05, 4.69) is 48.5 Å². The Kier molecular flexibility index (Phi) is 5.48. The van der Waals surface area contributed by atoms with Gasteiger partial charge in [0.2, 0.25) is 0 Å². The van der Waals surface area contributed by atoms with Crippen LogP contribution in [0.5, 0.6) is 0 Å². The van der Waals surface area contributed by atoms with Crippen LogP contribution in [-0.4, -0.2) is 40.0 Å². The van der Waals surface area contributed by atoms with E-state index in [4.69, 9.17) is 4.74 Å². The van der Waals surface area contributed by atoms with E-state index in [-0.39, 0.29) is 6.04 Å². The summed E-state index contributed by atoms with van der Waals surface area (Å²) in [6, 6.07) is 0.502. The van der Waals surface area contributed by atoms with Crippen LogP contribution < -0.4 is 5.32 Å². The molecule has 1 aliphatic rings. The minimum Gasteiger partial charge on any atom is -0.381 e. The fraction of sp³-hybridized carbons (Fsp3) is 0.929. The molecule has 1 fully saturated rings. The number of hydrogen-bond donors (Lipinski definition) is 1. The molecule has 2 unspecified atom stereocenters. The molecule has 0 amide bonds. The molecule has 1 aromatic heterocycles. The van der Waals surface area contributed by atoms with Gasteiger partial charge in [0.15, 0.2) is 5.82 Å². The van der Waals surface area contributed by atoms with Gasteiger partial charge in [0.1, 0.15) is 0 Å². The Morgan fingerprint density at radius 2 is 1.95 bits per heavy atom. The molecule has 0 aliphatic carbocycles. The Balaban J connectivity index is 2.03. The van der Waals surface area contributed by atoms with E-state index in [1.165, 1.54) is 0 Å². The molecule has 1 aliphatic heterocycles. The molecule has 0 spiro atoms. The van der Waals surface area contributed by atoms with E-state index < -0.39 is 0 Å². The first-order valence-corrected chi connectivity index (χ1v) is 7.68. The second-order valence-corrected chi connectivity index (χ2v) is 6.20. The summed E-state index contributed by atoms with van der Waals surface area (Å²) < 4.78 is 7.43. The first-order chi connectivity index (χ1) is 9.59. The summed E-state index contributed by atoms with van der Waals surface area (Å²) in [5.74, 6) is 2.16. The standard InChI is InChI=1S/C14H27N5O/c1-10(2)9-15-11(3)14-16-17-18-19(14)12(4)13-5-7-20-8-6-13/h10-13,15H,5-9H2,1-4H3. The maximum Gasteiger partial charge on any atom is 0.168 e. The van der Waals surface area contributed by atoms with Crippen LogP contribution >= 0.6 is 0 Å². The number of hydrogen-bond acceptors (Lipinski definition) is 5. The van der Waals surface area contributed by atoms with Gasteiger partial charge in [0.25, 0.3) is 0 Å². The third-order valence-corrected chi connectivity index (χ3v) is 4.07. The quantitative estimate of drug-likeness (QED) is 0.863. The third-order valence-electron chi connectivity index (χ3n) is 4.07. The number of nitrogens with one attached hydrogen (secondary N) is 1. The van der Waals surface area contributed by atoms with E-state index >= 15 is 0 Å². The lowest BCUT2D eigenvalue weighted by Gasteiger charge is -2.28. The van der Waals surface area contributed by atoms with Crippen LogP contribution in [0.3, 0.4) is 0 Å². The van der Waals surface area contributed by atoms with Crippen LogP contribution in [0, 0.1) is 11.8 Å². The van der Waals surface area contributed by atoms with E-state index in [0.29, 0.717) is 17.9 Å². The van der Waals surface area contributed by atoms with E-state index in [0.717, 1.165) is 38.4 Å². The zero-order valence-electron chi connectivity index (χ0n) is 13.0. The highest BCUT2D eigenvalue weighted by Crippen LogP contribution is 2.28. The van der Waals surface area contributed by atoms with Gasteiger partial charge in [-0.15, -0.1) is 5.10 Å². The Hall–Kier alpha value is -1.01. The predicted octanol–water partition coefficient (Wildman–Crippen LogP) is 1.97. The maximum absolute atomic E-state index is 5.44. The Bertz CT molecular complexity index is 400. The highest BCUT2D eigenvalue weighted by Gasteiger charge is 2.26. The van der Waals surface area contributed by atoms with Crippen LogP contribution in [-0.2, 0) is 4.74 Å². The van der Waals surface area contributed by atoms with Gasteiger partial charge in [0, 0.05) is 13.2 Å². The molecule has 6 heteroatoms. The second kappa shape index (κ2) is 7.13. The molecule has 2 heterocycles. The zero-order chi connectivity index (χ0) is 14.5. The normalized spacial score (nSPS) is 20.2. The number of ether oxygens (including phenoxy) is 1. The van der Waals surface area contributed by atoms with Crippen LogP contribution in [0.2, 0.25) is 0 Å². The average molecular weight is 281 g/mol. The van der Waals surface area contributed by atoms with Crippen LogP contribution in [0.1, 0.15) is 58.4 Å². The summed E-state index contributed by atoms with van der Waals surface area (Å²) in [5, 5.41) is 15.8. The van der Waals surface area contributed by atoms with Crippen molar-refractivity contribution in [2.24, 2.45) is 11.8 Å². The van der Waals surface area contributed by atoms with Crippen molar-refractivity contribution < 1.29 is 4.74 Å². The molecule has 20 heavy (non-hydrogen) atoms. The van der Waals surface area contributed by atoms with E-state index in [1.807, 2.05) is 4.68 Å². The first-order valence-electron chi connectivity index (χ1n) is 7.68. The summed E-state index contributed by atoms with van der Waals surface area (Å²) in [7, 11) is 0. The summed E-state index contributed by atoms with van der Waals surface area (Å²) in [6.45, 7) is 11.4. The molecule has 1 N–H and O–H groups in total. The fourth-order valence-electron chi connectivity index (χ4n) is 2.68. The molecule has 114 valence electrons. The highest BCUT2D eigenvalue weighted by atomic mass is 16.5. The molecule has 1 aromatic rings. The van der Waals surface area contributed by atoms with Gasteiger partial charge in [-0.3, -0.25) is 0 Å². The molecule has 2 atom stereocenters. The minimum atomic E-state index is 0.176. The predicted molar refractivity (Wildman–Crippen MR) is 77.3 cm³/mol. The number of nitrogens with zero attached hydrogens (tertiary/aromatic N) is 4. The van der Waals surface area contributed by atoms with Crippen molar-refractivity contribution in [2.75, 3.05) is 19.8 Å². The number of rotatable bonds is 6. The van der Waals surface area contributed by atoms with Gasteiger partial charge in [0.05, 0.1) is 12.1 Å². The van der Waals surface area contributed by atoms with Gasteiger partial charge in [-0.05, 0) is 55.5 Å². The smallest absolute Gasteiger partial charge is 0.168 e. The van der Waals surface area contributed by atoms with Gasteiger partial charge in [-0.2, -0.15) is 0 Å².